The van der Waals surface area contributed by atoms with Crippen molar-refractivity contribution in [1.82, 2.24) is 20.1 Å². The fourth-order valence-corrected chi connectivity index (χ4v) is 5.98. The Bertz CT molecular complexity index is 863. The predicted molar refractivity (Wildman–Crippen MR) is 138 cm³/mol. The number of likely N-dealkylation sites (tertiary alicyclic amines) is 2. The molecule has 5 rings (SSSR count). The summed E-state index contributed by atoms with van der Waals surface area (Å²) >= 11 is 0. The standard InChI is InChI=1S/C27H40N4O.CH5N/c1-5-24(20-6-7-20)29-13-19-10-27(11-19)17-31(18-27)25(32)30-15-22(16-30)21-8-9-23(28-14-21)12-26(2,3)4;1-2/h5,8-9,14,19-20,22,29H,6-7,10-13,15-18H2,1-4H3;2H2,1H3/b24-5-;. The number of aromatic nitrogens is 1. The third-order valence-corrected chi connectivity index (χ3v) is 7.87. The topological polar surface area (TPSA) is 74.5 Å². The zero-order chi connectivity index (χ0) is 24.5. The van der Waals surface area contributed by atoms with E-state index in [0.29, 0.717) is 11.3 Å². The van der Waals surface area contributed by atoms with E-state index in [9.17, 15) is 4.79 Å². The SMILES string of the molecule is C/C=C(\NCC1CC2(C1)CN(C(=O)N1CC(c3ccc(CC(C)(C)C)nc3)C1)C2)C1CC1.CN. The van der Waals surface area contributed by atoms with Gasteiger partial charge in [-0.1, -0.05) is 32.9 Å². The summed E-state index contributed by atoms with van der Waals surface area (Å²) in [7, 11) is 1.50. The number of pyridine rings is 1. The number of amides is 2. The van der Waals surface area contributed by atoms with E-state index in [4.69, 9.17) is 0 Å². The Balaban J connectivity index is 0.00000133. The van der Waals surface area contributed by atoms with E-state index in [0.717, 1.165) is 56.7 Å². The Hall–Kier alpha value is -2.08. The minimum Gasteiger partial charge on any atom is -0.388 e. The van der Waals surface area contributed by atoms with E-state index in [1.54, 1.807) is 0 Å². The predicted octanol–water partition coefficient (Wildman–Crippen LogP) is 4.38. The van der Waals surface area contributed by atoms with Crippen LogP contribution in [0.2, 0.25) is 0 Å². The zero-order valence-corrected chi connectivity index (χ0v) is 21.9. The molecule has 2 saturated carbocycles. The van der Waals surface area contributed by atoms with Gasteiger partial charge in [0.15, 0.2) is 0 Å². The molecule has 2 saturated heterocycles. The van der Waals surface area contributed by atoms with Gasteiger partial charge in [0.25, 0.3) is 0 Å². The Morgan fingerprint density at radius 1 is 1.18 bits per heavy atom. The maximum Gasteiger partial charge on any atom is 0.320 e. The second kappa shape index (κ2) is 9.88. The molecule has 6 nitrogen and oxygen atoms in total. The van der Waals surface area contributed by atoms with Crippen molar-refractivity contribution in [3.05, 3.63) is 41.4 Å². The number of urea groups is 1. The summed E-state index contributed by atoms with van der Waals surface area (Å²) in [6, 6.07) is 4.62. The van der Waals surface area contributed by atoms with E-state index in [1.807, 2.05) is 11.1 Å². The Kier molecular flexibility index (Phi) is 7.28. The molecule has 1 aromatic heterocycles. The van der Waals surface area contributed by atoms with Crippen LogP contribution in [-0.2, 0) is 6.42 Å². The fraction of sp³-hybridized carbons (Fsp3) is 0.714. The smallest absolute Gasteiger partial charge is 0.320 e. The van der Waals surface area contributed by atoms with Crippen molar-refractivity contribution in [3.8, 4) is 0 Å². The van der Waals surface area contributed by atoms with Crippen LogP contribution in [0.5, 0.6) is 0 Å². The number of hydrogen-bond donors (Lipinski definition) is 2. The zero-order valence-electron chi connectivity index (χ0n) is 21.9. The number of nitrogens with zero attached hydrogens (tertiary/aromatic N) is 3. The number of rotatable bonds is 6. The maximum atomic E-state index is 12.9. The van der Waals surface area contributed by atoms with Gasteiger partial charge >= 0.3 is 6.03 Å². The van der Waals surface area contributed by atoms with Crippen molar-refractivity contribution in [2.45, 2.75) is 65.7 Å². The van der Waals surface area contributed by atoms with E-state index >= 15 is 0 Å². The summed E-state index contributed by atoms with van der Waals surface area (Å²) in [5.74, 6) is 2.03. The molecule has 188 valence electrons. The van der Waals surface area contributed by atoms with E-state index < -0.39 is 0 Å². The van der Waals surface area contributed by atoms with Crippen LogP contribution >= 0.6 is 0 Å². The lowest BCUT2D eigenvalue weighted by Gasteiger charge is -2.60. The van der Waals surface area contributed by atoms with Gasteiger partial charge in [-0.3, -0.25) is 4.98 Å². The molecule has 6 heteroatoms. The first-order chi connectivity index (χ1) is 16.2. The van der Waals surface area contributed by atoms with Crippen LogP contribution < -0.4 is 11.1 Å². The Morgan fingerprint density at radius 2 is 1.85 bits per heavy atom. The molecule has 34 heavy (non-hydrogen) atoms. The molecule has 3 heterocycles. The van der Waals surface area contributed by atoms with Gasteiger partial charge in [-0.25, -0.2) is 4.79 Å². The van der Waals surface area contributed by atoms with Gasteiger partial charge in [0.05, 0.1) is 0 Å². The molecule has 0 bridgehead atoms. The summed E-state index contributed by atoms with van der Waals surface area (Å²) in [5.41, 5.74) is 9.07. The van der Waals surface area contributed by atoms with Crippen LogP contribution in [0, 0.1) is 22.7 Å². The monoisotopic (exact) mass is 467 g/mol. The largest absolute Gasteiger partial charge is 0.388 e. The lowest BCUT2D eigenvalue weighted by Crippen LogP contribution is -2.68. The van der Waals surface area contributed by atoms with E-state index in [2.05, 4.69) is 66.8 Å². The third-order valence-electron chi connectivity index (χ3n) is 7.87. The minimum atomic E-state index is 0.246. The molecule has 1 spiro atoms. The first-order valence-electron chi connectivity index (χ1n) is 13.2. The average Bonchev–Trinajstić information content (AvgIpc) is 3.54. The fourth-order valence-electron chi connectivity index (χ4n) is 5.98. The lowest BCUT2D eigenvalue weighted by atomic mass is 9.57. The number of nitrogens with two attached hydrogens (primary N) is 1. The van der Waals surface area contributed by atoms with Crippen LogP contribution in [0.15, 0.2) is 30.1 Å². The van der Waals surface area contributed by atoms with Gasteiger partial charge in [0.2, 0.25) is 0 Å². The third kappa shape index (κ3) is 5.59. The van der Waals surface area contributed by atoms with Crippen LogP contribution in [0.25, 0.3) is 0 Å². The molecule has 2 aliphatic heterocycles. The van der Waals surface area contributed by atoms with Crippen molar-refractivity contribution >= 4 is 6.03 Å². The molecule has 3 N–H and O–H groups in total. The van der Waals surface area contributed by atoms with Crippen molar-refractivity contribution in [3.63, 3.8) is 0 Å². The maximum absolute atomic E-state index is 12.9. The highest BCUT2D eigenvalue weighted by molar-refractivity contribution is 5.77. The molecule has 2 aliphatic carbocycles. The average molecular weight is 468 g/mol. The number of nitrogens with one attached hydrogen (secondary N) is 1. The van der Waals surface area contributed by atoms with Crippen molar-refractivity contribution < 1.29 is 4.79 Å². The van der Waals surface area contributed by atoms with Crippen LogP contribution in [0.3, 0.4) is 0 Å². The highest BCUT2D eigenvalue weighted by Gasteiger charge is 2.54. The van der Waals surface area contributed by atoms with Gasteiger partial charge in [-0.05, 0) is 75.0 Å². The quantitative estimate of drug-likeness (QED) is 0.651. The Morgan fingerprint density at radius 3 is 2.38 bits per heavy atom. The molecule has 4 aliphatic rings. The highest BCUT2D eigenvalue weighted by Crippen LogP contribution is 2.52. The number of hydrogen-bond acceptors (Lipinski definition) is 4. The highest BCUT2D eigenvalue weighted by atomic mass is 16.2. The van der Waals surface area contributed by atoms with E-state index in [1.165, 1.54) is 44.0 Å². The second-order valence-electron chi connectivity index (χ2n) is 12.2. The molecule has 1 aromatic rings. The van der Waals surface area contributed by atoms with Gasteiger partial charge < -0.3 is 20.9 Å². The molecule has 0 aromatic carbocycles. The number of carbonyl (C=O) groups is 1. The van der Waals surface area contributed by atoms with Crippen LogP contribution in [0.1, 0.15) is 70.6 Å². The second-order valence-corrected chi connectivity index (χ2v) is 12.2. The van der Waals surface area contributed by atoms with E-state index in [-0.39, 0.29) is 11.4 Å². The van der Waals surface area contributed by atoms with Crippen molar-refractivity contribution in [2.75, 3.05) is 39.8 Å². The number of carbonyl (C=O) groups excluding carboxylic acids is 1. The molecular formula is C28H45N5O. The lowest BCUT2D eigenvalue weighted by molar-refractivity contribution is -0.0782. The van der Waals surface area contributed by atoms with Crippen molar-refractivity contribution in [1.29, 1.82) is 0 Å². The summed E-state index contributed by atoms with van der Waals surface area (Å²) < 4.78 is 0. The van der Waals surface area contributed by atoms with Crippen LogP contribution in [-0.4, -0.2) is 60.6 Å². The molecule has 0 atom stereocenters. The van der Waals surface area contributed by atoms with Gasteiger partial charge in [0, 0.05) is 61.6 Å². The van der Waals surface area contributed by atoms with Crippen LogP contribution in [0.4, 0.5) is 4.79 Å². The molecular weight excluding hydrogens is 422 g/mol. The summed E-state index contributed by atoms with van der Waals surface area (Å²) in [4.78, 5) is 21.6. The minimum absolute atomic E-state index is 0.246. The first kappa shape index (κ1) is 25.0. The summed E-state index contributed by atoms with van der Waals surface area (Å²) in [6.07, 6.45) is 10.5. The molecule has 0 radical (unpaired) electrons. The first-order valence-corrected chi connectivity index (χ1v) is 13.2. The summed E-state index contributed by atoms with van der Waals surface area (Å²) in [6.45, 7) is 13.6. The van der Waals surface area contributed by atoms with Gasteiger partial charge in [-0.2, -0.15) is 0 Å². The summed E-state index contributed by atoms with van der Waals surface area (Å²) in [5, 5.41) is 3.69. The molecule has 4 fully saturated rings. The normalized spacial score (nSPS) is 22.4. The van der Waals surface area contributed by atoms with Gasteiger partial charge in [0.1, 0.15) is 0 Å². The van der Waals surface area contributed by atoms with Gasteiger partial charge in [-0.15, -0.1) is 0 Å². The molecule has 2 amide bonds. The Labute approximate surface area is 206 Å². The van der Waals surface area contributed by atoms with Crippen molar-refractivity contribution in [2.24, 2.45) is 28.4 Å². The molecule has 0 unspecified atom stereocenters. The number of allylic oxidation sites excluding steroid dienone is 2.